The summed E-state index contributed by atoms with van der Waals surface area (Å²) < 4.78 is 7.21. The van der Waals surface area contributed by atoms with E-state index in [0.717, 1.165) is 29.6 Å². The molecule has 1 saturated heterocycles. The second-order valence-electron chi connectivity index (χ2n) is 7.35. The molecule has 142 valence electrons. The number of hydrogen-bond donors (Lipinski definition) is 1. The number of ether oxygens (including phenoxy) is 1. The van der Waals surface area contributed by atoms with Gasteiger partial charge in [-0.05, 0) is 52.4 Å². The van der Waals surface area contributed by atoms with E-state index in [2.05, 4.69) is 52.1 Å². The van der Waals surface area contributed by atoms with Crippen LogP contribution < -0.4 is 9.64 Å². The van der Waals surface area contributed by atoms with E-state index >= 15 is 0 Å². The number of benzene rings is 1. The Kier molecular flexibility index (Phi) is 5.50. The summed E-state index contributed by atoms with van der Waals surface area (Å²) in [5, 5.41) is 15.0. The highest BCUT2D eigenvalue weighted by atomic mass is 32.1. The number of hydrogen-bond acceptors (Lipinski definition) is 5. The van der Waals surface area contributed by atoms with Crippen LogP contribution in [0.3, 0.4) is 0 Å². The van der Waals surface area contributed by atoms with Crippen molar-refractivity contribution in [2.75, 3.05) is 20.2 Å². The van der Waals surface area contributed by atoms with Gasteiger partial charge in [-0.25, -0.2) is 4.68 Å². The predicted molar refractivity (Wildman–Crippen MR) is 105 cm³/mol. The molecule has 1 N–H and O–H groups in total. The molecule has 27 heavy (non-hydrogen) atoms. The Morgan fingerprint density at radius 2 is 2.15 bits per heavy atom. The minimum Gasteiger partial charge on any atom is -0.497 e. The molecule has 1 aliphatic heterocycles. The number of piperidine rings is 1. The fourth-order valence-electron chi connectivity index (χ4n) is 3.99. The van der Waals surface area contributed by atoms with E-state index in [0.29, 0.717) is 6.54 Å². The molecule has 3 atom stereocenters. The van der Waals surface area contributed by atoms with Gasteiger partial charge in [0.15, 0.2) is 6.04 Å². The minimum absolute atomic E-state index is 0.195. The molecule has 0 amide bonds. The normalized spacial score (nSPS) is 21.1. The number of rotatable bonds is 6. The van der Waals surface area contributed by atoms with Crippen molar-refractivity contribution in [3.8, 4) is 5.75 Å². The Balaban J connectivity index is 1.64. The van der Waals surface area contributed by atoms with Gasteiger partial charge in [0.25, 0.3) is 0 Å². The third-order valence-electron chi connectivity index (χ3n) is 5.35. The van der Waals surface area contributed by atoms with Crippen molar-refractivity contribution in [3.05, 3.63) is 58.0 Å². The molecule has 0 spiro atoms. The quantitative estimate of drug-likeness (QED) is 0.708. The molecule has 1 aromatic carbocycles. The molecule has 0 bridgehead atoms. The number of methoxy groups -OCH3 is 1. The smallest absolute Gasteiger partial charge is 0.215 e. The van der Waals surface area contributed by atoms with Crippen LogP contribution in [0.2, 0.25) is 0 Å². The second kappa shape index (κ2) is 8.19. The van der Waals surface area contributed by atoms with Crippen molar-refractivity contribution >= 4 is 11.3 Å². The topological polar surface area (TPSA) is 57.3 Å². The van der Waals surface area contributed by atoms with Crippen molar-refractivity contribution in [3.63, 3.8) is 0 Å². The summed E-state index contributed by atoms with van der Waals surface area (Å²) in [5.74, 6) is 2.55. The number of thiophene rings is 1. The number of quaternary nitrogens is 1. The summed E-state index contributed by atoms with van der Waals surface area (Å²) in [7, 11) is 1.68. The first-order valence-electron chi connectivity index (χ1n) is 9.51. The molecule has 0 aliphatic carbocycles. The van der Waals surface area contributed by atoms with E-state index in [1.54, 1.807) is 23.3 Å². The van der Waals surface area contributed by atoms with Crippen LogP contribution in [0, 0.1) is 5.92 Å². The maximum Gasteiger partial charge on any atom is 0.215 e. The van der Waals surface area contributed by atoms with Crippen LogP contribution >= 0.6 is 11.3 Å². The van der Waals surface area contributed by atoms with Gasteiger partial charge < -0.3 is 9.64 Å². The molecular weight excluding hydrogens is 358 g/mol. The van der Waals surface area contributed by atoms with Gasteiger partial charge in [0, 0.05) is 5.92 Å². The van der Waals surface area contributed by atoms with Crippen molar-refractivity contribution in [1.29, 1.82) is 0 Å². The number of nitrogens with zero attached hydrogens (tertiary/aromatic N) is 4. The Hall–Kier alpha value is -2.25. The summed E-state index contributed by atoms with van der Waals surface area (Å²) in [6.07, 6.45) is 2.58. The zero-order valence-corrected chi connectivity index (χ0v) is 16.7. The van der Waals surface area contributed by atoms with Gasteiger partial charge in [-0.1, -0.05) is 25.1 Å². The summed E-state index contributed by atoms with van der Waals surface area (Å²) in [6, 6.07) is 12.6. The lowest BCUT2D eigenvalue weighted by Gasteiger charge is -2.33. The van der Waals surface area contributed by atoms with Crippen LogP contribution in [0.25, 0.3) is 0 Å². The first-order valence-corrected chi connectivity index (χ1v) is 10.4. The van der Waals surface area contributed by atoms with Crippen molar-refractivity contribution < 1.29 is 9.64 Å². The van der Waals surface area contributed by atoms with Crippen molar-refractivity contribution in [1.82, 2.24) is 20.2 Å². The lowest BCUT2D eigenvalue weighted by molar-refractivity contribution is -0.934. The Bertz CT molecular complexity index is 846. The molecule has 3 heterocycles. The number of aromatic nitrogens is 4. The van der Waals surface area contributed by atoms with Crippen molar-refractivity contribution in [2.45, 2.75) is 32.4 Å². The van der Waals surface area contributed by atoms with Crippen LogP contribution in [-0.4, -0.2) is 40.4 Å². The summed E-state index contributed by atoms with van der Waals surface area (Å²) in [5.41, 5.74) is 1.16. The van der Waals surface area contributed by atoms with Gasteiger partial charge >= 0.3 is 0 Å². The minimum atomic E-state index is 0.195. The third kappa shape index (κ3) is 4.04. The molecule has 0 radical (unpaired) electrons. The van der Waals surface area contributed by atoms with E-state index < -0.39 is 0 Å². The molecule has 2 aromatic heterocycles. The SMILES string of the molecule is COc1ccc(Cn2nnnc2[C@@H](c2cccs2)[NH+]2CCC[C@@H](C)C2)cc1. The first kappa shape index (κ1) is 18.1. The van der Waals surface area contributed by atoms with E-state index in [-0.39, 0.29) is 6.04 Å². The number of likely N-dealkylation sites (tertiary alicyclic amines) is 1. The first-order chi connectivity index (χ1) is 13.2. The predicted octanol–water partition coefficient (Wildman–Crippen LogP) is 2.20. The highest BCUT2D eigenvalue weighted by Gasteiger charge is 2.35. The maximum absolute atomic E-state index is 5.26. The zero-order valence-electron chi connectivity index (χ0n) is 15.8. The highest BCUT2D eigenvalue weighted by Crippen LogP contribution is 2.24. The van der Waals surface area contributed by atoms with Gasteiger partial charge in [0.05, 0.1) is 31.6 Å². The second-order valence-corrected chi connectivity index (χ2v) is 8.33. The fourth-order valence-corrected chi connectivity index (χ4v) is 4.87. The van der Waals surface area contributed by atoms with Gasteiger partial charge in [-0.15, -0.1) is 16.4 Å². The number of tetrazole rings is 1. The molecule has 6 nitrogen and oxygen atoms in total. The van der Waals surface area contributed by atoms with Crippen LogP contribution in [0.5, 0.6) is 5.75 Å². The molecule has 1 fully saturated rings. The monoisotopic (exact) mass is 384 g/mol. The largest absolute Gasteiger partial charge is 0.497 e. The fraction of sp³-hybridized carbons (Fsp3) is 0.450. The van der Waals surface area contributed by atoms with Crippen LogP contribution in [0.4, 0.5) is 0 Å². The average Bonchev–Trinajstić information content (AvgIpc) is 3.36. The molecule has 0 saturated carbocycles. The van der Waals surface area contributed by atoms with E-state index in [9.17, 15) is 0 Å². The maximum atomic E-state index is 5.26. The molecule has 1 unspecified atom stereocenters. The van der Waals surface area contributed by atoms with Gasteiger partial charge in [-0.3, -0.25) is 0 Å². The molecule has 4 rings (SSSR count). The van der Waals surface area contributed by atoms with Crippen LogP contribution in [-0.2, 0) is 6.54 Å². The Morgan fingerprint density at radius 1 is 1.30 bits per heavy atom. The zero-order chi connectivity index (χ0) is 18.6. The van der Waals surface area contributed by atoms with Gasteiger partial charge in [0.2, 0.25) is 5.82 Å². The molecule has 1 aliphatic rings. The molecular formula is C20H26N5OS+. The molecule has 3 aromatic rings. The summed E-state index contributed by atoms with van der Waals surface area (Å²) in [4.78, 5) is 2.91. The van der Waals surface area contributed by atoms with Crippen LogP contribution in [0.15, 0.2) is 41.8 Å². The lowest BCUT2D eigenvalue weighted by atomic mass is 9.98. The lowest BCUT2D eigenvalue weighted by Crippen LogP contribution is -3.14. The van der Waals surface area contributed by atoms with E-state index in [1.165, 1.54) is 24.3 Å². The molecule has 7 heteroatoms. The average molecular weight is 385 g/mol. The van der Waals surface area contributed by atoms with Crippen molar-refractivity contribution in [2.24, 2.45) is 5.92 Å². The highest BCUT2D eigenvalue weighted by molar-refractivity contribution is 7.10. The standard InChI is InChI=1S/C20H25N5OS/c1-15-5-3-11-24(13-15)19(18-6-4-12-27-18)20-21-22-23-25(20)14-16-7-9-17(26-2)10-8-16/h4,6-10,12,15,19H,3,5,11,13-14H2,1-2H3/p+1/t15-,19-/m1/s1. The summed E-state index contributed by atoms with van der Waals surface area (Å²) >= 11 is 1.80. The van der Waals surface area contributed by atoms with Crippen LogP contribution in [0.1, 0.15) is 42.1 Å². The Morgan fingerprint density at radius 3 is 2.85 bits per heavy atom. The number of nitrogens with one attached hydrogen (secondary N) is 1. The summed E-state index contributed by atoms with van der Waals surface area (Å²) in [6.45, 7) is 5.35. The Labute approximate surface area is 163 Å². The van der Waals surface area contributed by atoms with Gasteiger partial charge in [0.1, 0.15) is 5.75 Å². The third-order valence-corrected chi connectivity index (χ3v) is 6.29. The van der Waals surface area contributed by atoms with E-state index in [4.69, 9.17) is 4.74 Å². The van der Waals surface area contributed by atoms with Gasteiger partial charge in [-0.2, -0.15) is 0 Å². The van der Waals surface area contributed by atoms with E-state index in [1.807, 2.05) is 16.8 Å².